The van der Waals surface area contributed by atoms with Gasteiger partial charge < -0.3 is 15.4 Å². The molecule has 0 atom stereocenters. The second-order valence-corrected chi connectivity index (χ2v) is 4.92. The highest BCUT2D eigenvalue weighted by Crippen LogP contribution is 2.20. The van der Waals surface area contributed by atoms with Crippen molar-refractivity contribution in [2.24, 2.45) is 0 Å². The first kappa shape index (κ1) is 17.4. The molecule has 2 N–H and O–H groups in total. The summed E-state index contributed by atoms with van der Waals surface area (Å²) in [5.74, 6) is -2.07. The molecule has 0 saturated heterocycles. The number of hydrogen-bond acceptors (Lipinski definition) is 3. The summed E-state index contributed by atoms with van der Waals surface area (Å²) in [7, 11) is 0. The Hall–Kier alpha value is -1.69. The Kier molecular flexibility index (Phi) is 7.08. The maximum atomic E-state index is 13.8. The molecule has 1 amide bonds. The monoisotopic (exact) mass is 300 g/mol. The van der Waals surface area contributed by atoms with Gasteiger partial charge in [0.25, 0.3) is 5.91 Å². The van der Waals surface area contributed by atoms with Gasteiger partial charge in [0.05, 0.1) is 12.7 Å². The Morgan fingerprint density at radius 1 is 1.24 bits per heavy atom. The van der Waals surface area contributed by atoms with Crippen molar-refractivity contribution in [2.75, 3.05) is 25.0 Å². The molecule has 0 radical (unpaired) electrons. The third-order valence-corrected chi connectivity index (χ3v) is 2.69. The summed E-state index contributed by atoms with van der Waals surface area (Å²) in [6.07, 6.45) is 0.817. The number of carbonyl (C=O) groups is 1. The van der Waals surface area contributed by atoms with Crippen LogP contribution in [0.1, 0.15) is 37.6 Å². The van der Waals surface area contributed by atoms with Crippen LogP contribution in [0.5, 0.6) is 0 Å². The summed E-state index contributed by atoms with van der Waals surface area (Å²) in [6, 6.07) is 2.05. The molecule has 21 heavy (non-hydrogen) atoms. The van der Waals surface area contributed by atoms with Crippen molar-refractivity contribution in [1.29, 1.82) is 0 Å². The van der Waals surface area contributed by atoms with E-state index in [9.17, 15) is 13.6 Å². The molecule has 1 aromatic carbocycles. The number of hydrogen-bond donors (Lipinski definition) is 2. The van der Waals surface area contributed by atoms with Gasteiger partial charge in [-0.3, -0.25) is 4.79 Å². The standard InChI is InChI=1S/C15H22F2N2O2/c1-4-5-18-14-12(16)8-11(9-13(14)17)15(20)19-6-7-21-10(2)3/h8-10,18H,4-7H2,1-3H3,(H,19,20). The fraction of sp³-hybridized carbons (Fsp3) is 0.533. The van der Waals surface area contributed by atoms with Gasteiger partial charge in [-0.05, 0) is 32.4 Å². The minimum absolute atomic E-state index is 0.0448. The van der Waals surface area contributed by atoms with Crippen molar-refractivity contribution in [1.82, 2.24) is 5.32 Å². The molecule has 4 nitrogen and oxygen atoms in total. The lowest BCUT2D eigenvalue weighted by molar-refractivity contribution is 0.0746. The van der Waals surface area contributed by atoms with Gasteiger partial charge in [0.15, 0.2) is 0 Å². The molecule has 0 heterocycles. The Labute approximate surface area is 123 Å². The maximum Gasteiger partial charge on any atom is 0.251 e. The Morgan fingerprint density at radius 3 is 2.38 bits per heavy atom. The number of ether oxygens (including phenoxy) is 1. The Balaban J connectivity index is 2.64. The van der Waals surface area contributed by atoms with Crippen LogP contribution in [-0.4, -0.2) is 31.7 Å². The zero-order valence-electron chi connectivity index (χ0n) is 12.6. The van der Waals surface area contributed by atoms with Crippen molar-refractivity contribution < 1.29 is 18.3 Å². The van der Waals surface area contributed by atoms with E-state index in [0.29, 0.717) is 13.2 Å². The number of halogens is 2. The first-order chi connectivity index (χ1) is 9.95. The molecule has 0 spiro atoms. The zero-order valence-corrected chi connectivity index (χ0v) is 12.6. The molecule has 0 bridgehead atoms. The van der Waals surface area contributed by atoms with Gasteiger partial charge in [-0.25, -0.2) is 8.78 Å². The van der Waals surface area contributed by atoms with Crippen LogP contribution in [0.4, 0.5) is 14.5 Å². The van der Waals surface area contributed by atoms with Crippen LogP contribution in [-0.2, 0) is 4.74 Å². The fourth-order valence-electron chi connectivity index (χ4n) is 1.68. The Morgan fingerprint density at radius 2 is 1.86 bits per heavy atom. The molecule has 118 valence electrons. The van der Waals surface area contributed by atoms with Crippen LogP contribution < -0.4 is 10.6 Å². The van der Waals surface area contributed by atoms with Gasteiger partial charge >= 0.3 is 0 Å². The predicted octanol–water partition coefficient (Wildman–Crippen LogP) is 2.94. The minimum Gasteiger partial charge on any atom is -0.380 e. The average Bonchev–Trinajstić information content (AvgIpc) is 2.42. The van der Waals surface area contributed by atoms with Crippen molar-refractivity contribution in [3.63, 3.8) is 0 Å². The number of amides is 1. The zero-order chi connectivity index (χ0) is 15.8. The molecule has 6 heteroatoms. The Bertz CT molecular complexity index is 456. The molecular formula is C15H22F2N2O2. The van der Waals surface area contributed by atoms with E-state index in [1.165, 1.54) is 0 Å². The largest absolute Gasteiger partial charge is 0.380 e. The van der Waals surface area contributed by atoms with Crippen molar-refractivity contribution in [3.8, 4) is 0 Å². The van der Waals surface area contributed by atoms with Crippen LogP contribution in [0, 0.1) is 11.6 Å². The van der Waals surface area contributed by atoms with Gasteiger partial charge in [-0.2, -0.15) is 0 Å². The lowest BCUT2D eigenvalue weighted by Gasteiger charge is -2.11. The molecule has 1 rings (SSSR count). The average molecular weight is 300 g/mol. The smallest absolute Gasteiger partial charge is 0.251 e. The van der Waals surface area contributed by atoms with Crippen molar-refractivity contribution in [3.05, 3.63) is 29.3 Å². The van der Waals surface area contributed by atoms with E-state index < -0.39 is 17.5 Å². The fourth-order valence-corrected chi connectivity index (χ4v) is 1.68. The van der Waals surface area contributed by atoms with Gasteiger partial charge in [-0.15, -0.1) is 0 Å². The van der Waals surface area contributed by atoms with E-state index in [1.54, 1.807) is 0 Å². The number of nitrogens with one attached hydrogen (secondary N) is 2. The second kappa shape index (κ2) is 8.56. The molecule has 0 aliphatic heterocycles. The summed E-state index contributed by atoms with van der Waals surface area (Å²) in [4.78, 5) is 11.8. The van der Waals surface area contributed by atoms with Gasteiger partial charge in [0.2, 0.25) is 0 Å². The lowest BCUT2D eigenvalue weighted by atomic mass is 10.1. The molecule has 0 aliphatic carbocycles. The van der Waals surface area contributed by atoms with E-state index in [2.05, 4.69) is 10.6 Å². The topological polar surface area (TPSA) is 50.4 Å². The van der Waals surface area contributed by atoms with E-state index in [4.69, 9.17) is 4.74 Å². The number of benzene rings is 1. The van der Waals surface area contributed by atoms with Crippen molar-refractivity contribution >= 4 is 11.6 Å². The number of rotatable bonds is 8. The summed E-state index contributed by atoms with van der Waals surface area (Å²) >= 11 is 0. The third kappa shape index (κ3) is 5.67. The first-order valence-electron chi connectivity index (χ1n) is 7.08. The molecule has 0 fully saturated rings. The molecule has 0 unspecified atom stereocenters. The van der Waals surface area contributed by atoms with Crippen LogP contribution in [0.25, 0.3) is 0 Å². The minimum atomic E-state index is -0.771. The van der Waals surface area contributed by atoms with Crippen LogP contribution in [0.2, 0.25) is 0 Å². The number of carbonyl (C=O) groups excluding carboxylic acids is 1. The SMILES string of the molecule is CCCNc1c(F)cc(C(=O)NCCOC(C)C)cc1F. The molecular weight excluding hydrogens is 278 g/mol. The quantitative estimate of drug-likeness (QED) is 0.726. The molecule has 0 saturated carbocycles. The number of anilines is 1. The van der Waals surface area contributed by atoms with E-state index >= 15 is 0 Å². The van der Waals surface area contributed by atoms with E-state index in [-0.39, 0.29) is 23.9 Å². The van der Waals surface area contributed by atoms with E-state index in [0.717, 1.165) is 18.6 Å². The van der Waals surface area contributed by atoms with Crippen molar-refractivity contribution in [2.45, 2.75) is 33.3 Å². The molecule has 0 aliphatic rings. The van der Waals surface area contributed by atoms with Crippen LogP contribution in [0.3, 0.4) is 0 Å². The third-order valence-electron chi connectivity index (χ3n) is 2.69. The highest BCUT2D eigenvalue weighted by atomic mass is 19.1. The lowest BCUT2D eigenvalue weighted by Crippen LogP contribution is -2.28. The van der Waals surface area contributed by atoms with Crippen LogP contribution >= 0.6 is 0 Å². The normalized spacial score (nSPS) is 10.8. The highest BCUT2D eigenvalue weighted by Gasteiger charge is 2.14. The molecule has 0 aromatic heterocycles. The highest BCUT2D eigenvalue weighted by molar-refractivity contribution is 5.94. The predicted molar refractivity (Wildman–Crippen MR) is 78.6 cm³/mol. The maximum absolute atomic E-state index is 13.8. The van der Waals surface area contributed by atoms with E-state index in [1.807, 2.05) is 20.8 Å². The van der Waals surface area contributed by atoms with Crippen LogP contribution in [0.15, 0.2) is 12.1 Å². The second-order valence-electron chi connectivity index (χ2n) is 4.92. The van der Waals surface area contributed by atoms with Gasteiger partial charge in [-0.1, -0.05) is 6.92 Å². The summed E-state index contributed by atoms with van der Waals surface area (Å²) in [5, 5.41) is 5.21. The van der Waals surface area contributed by atoms with Gasteiger partial charge in [0, 0.05) is 18.7 Å². The molecule has 1 aromatic rings. The van der Waals surface area contributed by atoms with Gasteiger partial charge in [0.1, 0.15) is 17.3 Å². The summed E-state index contributed by atoms with van der Waals surface area (Å²) in [6.45, 7) is 6.76. The summed E-state index contributed by atoms with van der Waals surface area (Å²) in [5.41, 5.74) is -0.242. The summed E-state index contributed by atoms with van der Waals surface area (Å²) < 4.78 is 32.8. The first-order valence-corrected chi connectivity index (χ1v) is 7.08.